The first-order valence-electron chi connectivity index (χ1n) is 8.12. The maximum Gasteiger partial charge on any atom is 0.224 e. The number of rotatable bonds is 9. The van der Waals surface area contributed by atoms with E-state index in [1.54, 1.807) is 0 Å². The van der Waals surface area contributed by atoms with Gasteiger partial charge in [0, 0.05) is 24.4 Å². The van der Waals surface area contributed by atoms with Gasteiger partial charge in [0.15, 0.2) is 0 Å². The number of nitrogens with two attached hydrogens (primary N) is 1. The normalized spacial score (nSPS) is 10.4. The number of amides is 1. The van der Waals surface area contributed by atoms with E-state index in [0.717, 1.165) is 22.7 Å². The molecule has 1 amide bonds. The summed E-state index contributed by atoms with van der Waals surface area (Å²) in [6.07, 6.45) is 1.11. The van der Waals surface area contributed by atoms with Gasteiger partial charge in [-0.15, -0.1) is 0 Å². The zero-order valence-corrected chi connectivity index (χ0v) is 14.0. The van der Waals surface area contributed by atoms with Gasteiger partial charge < -0.3 is 20.5 Å². The molecule has 0 aromatic heterocycles. The highest BCUT2D eigenvalue weighted by Crippen LogP contribution is 2.16. The number of anilines is 2. The van der Waals surface area contributed by atoms with Gasteiger partial charge in [0.25, 0.3) is 0 Å². The second kappa shape index (κ2) is 9.57. The van der Waals surface area contributed by atoms with E-state index in [1.165, 1.54) is 0 Å². The highest BCUT2D eigenvalue weighted by molar-refractivity contribution is 5.90. The van der Waals surface area contributed by atoms with Crippen molar-refractivity contribution in [1.82, 2.24) is 0 Å². The van der Waals surface area contributed by atoms with Crippen molar-refractivity contribution in [1.29, 1.82) is 0 Å². The lowest BCUT2D eigenvalue weighted by Crippen LogP contribution is -2.12. The highest BCUT2D eigenvalue weighted by atomic mass is 16.5. The molecule has 0 aliphatic rings. The monoisotopic (exact) mass is 328 g/mol. The molecule has 2 aromatic carbocycles. The number of ether oxygens (including phenoxy) is 2. The molecule has 0 fully saturated rings. The number of hydrogen-bond donors (Lipinski definition) is 2. The molecule has 24 heavy (non-hydrogen) atoms. The van der Waals surface area contributed by atoms with Gasteiger partial charge in [-0.25, -0.2) is 0 Å². The summed E-state index contributed by atoms with van der Waals surface area (Å²) in [6.45, 7) is 3.72. The van der Waals surface area contributed by atoms with Crippen LogP contribution < -0.4 is 15.8 Å². The van der Waals surface area contributed by atoms with E-state index < -0.39 is 0 Å². The van der Waals surface area contributed by atoms with Gasteiger partial charge in [-0.1, -0.05) is 12.1 Å². The first-order chi connectivity index (χ1) is 11.7. The van der Waals surface area contributed by atoms with Crippen LogP contribution in [0.4, 0.5) is 11.4 Å². The highest BCUT2D eigenvalue weighted by Gasteiger charge is 2.04. The van der Waals surface area contributed by atoms with Gasteiger partial charge in [-0.2, -0.15) is 0 Å². The Labute approximate surface area is 142 Å². The Hall–Kier alpha value is -2.53. The van der Waals surface area contributed by atoms with Gasteiger partial charge in [0.05, 0.1) is 6.61 Å². The average Bonchev–Trinajstić information content (AvgIpc) is 2.60. The summed E-state index contributed by atoms with van der Waals surface area (Å²) in [5.74, 6) is 0.742. The first kappa shape index (κ1) is 17.8. The number of benzene rings is 2. The standard InChI is InChI=1S/C19H24N2O3/c1-2-23-13-14-24-18-10-8-17(9-11-18)21-19(22)12-5-15-3-6-16(20)7-4-15/h3-4,6-11H,2,5,12-14,20H2,1H3,(H,21,22). The molecule has 0 aliphatic heterocycles. The Balaban J connectivity index is 1.74. The fraction of sp³-hybridized carbons (Fsp3) is 0.316. The van der Waals surface area contributed by atoms with E-state index >= 15 is 0 Å². The second-order valence-corrected chi connectivity index (χ2v) is 5.36. The summed E-state index contributed by atoms with van der Waals surface area (Å²) in [6, 6.07) is 14.9. The predicted octanol–water partition coefficient (Wildman–Crippen LogP) is 3.26. The molecule has 0 aliphatic carbocycles. The van der Waals surface area contributed by atoms with Crippen molar-refractivity contribution in [3.8, 4) is 5.75 Å². The van der Waals surface area contributed by atoms with Crippen LogP contribution in [-0.4, -0.2) is 25.7 Å². The lowest BCUT2D eigenvalue weighted by Gasteiger charge is -2.08. The molecule has 2 rings (SSSR count). The number of carbonyl (C=O) groups excluding carboxylic acids is 1. The third kappa shape index (κ3) is 6.30. The molecule has 0 saturated carbocycles. The molecule has 0 unspecified atom stereocenters. The number of nitrogens with one attached hydrogen (secondary N) is 1. The summed E-state index contributed by atoms with van der Waals surface area (Å²) < 4.78 is 10.7. The van der Waals surface area contributed by atoms with Crippen molar-refractivity contribution in [2.45, 2.75) is 19.8 Å². The fourth-order valence-corrected chi connectivity index (χ4v) is 2.16. The minimum atomic E-state index is -0.0168. The van der Waals surface area contributed by atoms with Crippen molar-refractivity contribution >= 4 is 17.3 Å². The van der Waals surface area contributed by atoms with Gasteiger partial charge in [-0.05, 0) is 55.3 Å². The van der Waals surface area contributed by atoms with Gasteiger partial charge in [0.2, 0.25) is 5.91 Å². The number of nitrogen functional groups attached to an aromatic ring is 1. The Morgan fingerprint density at radius 1 is 1.04 bits per heavy atom. The molecular weight excluding hydrogens is 304 g/mol. The second-order valence-electron chi connectivity index (χ2n) is 5.36. The van der Waals surface area contributed by atoms with Crippen molar-refractivity contribution in [3.63, 3.8) is 0 Å². The molecular formula is C19H24N2O3. The quantitative estimate of drug-likeness (QED) is 0.547. The van der Waals surface area contributed by atoms with Gasteiger partial charge in [0.1, 0.15) is 12.4 Å². The Morgan fingerprint density at radius 3 is 2.42 bits per heavy atom. The largest absolute Gasteiger partial charge is 0.491 e. The molecule has 3 N–H and O–H groups in total. The van der Waals surface area contributed by atoms with Crippen molar-refractivity contribution < 1.29 is 14.3 Å². The van der Waals surface area contributed by atoms with Crippen molar-refractivity contribution in [3.05, 3.63) is 54.1 Å². The van der Waals surface area contributed by atoms with Crippen LogP contribution in [0.15, 0.2) is 48.5 Å². The summed E-state index contributed by atoms with van der Waals surface area (Å²) in [5.41, 5.74) is 8.23. The van der Waals surface area contributed by atoms with Gasteiger partial charge in [-0.3, -0.25) is 4.79 Å². The minimum absolute atomic E-state index is 0.0168. The Bertz CT molecular complexity index is 624. The van der Waals surface area contributed by atoms with E-state index in [4.69, 9.17) is 15.2 Å². The predicted molar refractivity (Wildman–Crippen MR) is 96.2 cm³/mol. The Morgan fingerprint density at radius 2 is 1.75 bits per heavy atom. The summed E-state index contributed by atoms with van der Waals surface area (Å²) in [5, 5.41) is 2.88. The molecule has 0 spiro atoms. The topological polar surface area (TPSA) is 73.6 Å². The van der Waals surface area contributed by atoms with E-state index in [9.17, 15) is 4.79 Å². The van der Waals surface area contributed by atoms with Crippen LogP contribution in [0.1, 0.15) is 18.9 Å². The van der Waals surface area contributed by atoms with Gasteiger partial charge >= 0.3 is 0 Å². The van der Waals surface area contributed by atoms with Crippen molar-refractivity contribution in [2.24, 2.45) is 0 Å². The molecule has 0 radical (unpaired) electrons. The zero-order chi connectivity index (χ0) is 17.2. The maximum absolute atomic E-state index is 12.0. The van der Waals surface area contributed by atoms with Crippen LogP contribution in [0.3, 0.4) is 0 Å². The third-order valence-corrected chi connectivity index (χ3v) is 3.46. The molecule has 5 heteroatoms. The summed E-state index contributed by atoms with van der Waals surface area (Å²) in [4.78, 5) is 12.0. The molecule has 0 atom stereocenters. The molecule has 0 heterocycles. The van der Waals surface area contributed by atoms with E-state index in [0.29, 0.717) is 32.7 Å². The lowest BCUT2D eigenvalue weighted by molar-refractivity contribution is -0.116. The first-order valence-corrected chi connectivity index (χ1v) is 8.12. The molecule has 0 saturated heterocycles. The molecule has 2 aromatic rings. The van der Waals surface area contributed by atoms with Crippen LogP contribution in [0.25, 0.3) is 0 Å². The minimum Gasteiger partial charge on any atom is -0.491 e. The average molecular weight is 328 g/mol. The van der Waals surface area contributed by atoms with Crippen LogP contribution in [-0.2, 0) is 16.0 Å². The van der Waals surface area contributed by atoms with E-state index in [-0.39, 0.29) is 5.91 Å². The zero-order valence-electron chi connectivity index (χ0n) is 14.0. The van der Waals surface area contributed by atoms with Crippen LogP contribution >= 0.6 is 0 Å². The number of aryl methyl sites for hydroxylation is 1. The maximum atomic E-state index is 12.0. The summed E-state index contributed by atoms with van der Waals surface area (Å²) >= 11 is 0. The number of hydrogen-bond acceptors (Lipinski definition) is 4. The lowest BCUT2D eigenvalue weighted by atomic mass is 10.1. The van der Waals surface area contributed by atoms with Crippen LogP contribution in [0.2, 0.25) is 0 Å². The SMILES string of the molecule is CCOCCOc1ccc(NC(=O)CCc2ccc(N)cc2)cc1. The smallest absolute Gasteiger partial charge is 0.224 e. The molecule has 5 nitrogen and oxygen atoms in total. The third-order valence-electron chi connectivity index (χ3n) is 3.46. The van der Waals surface area contributed by atoms with Crippen LogP contribution in [0, 0.1) is 0 Å². The Kier molecular flexibility index (Phi) is 7.11. The number of carbonyl (C=O) groups is 1. The molecule has 0 bridgehead atoms. The summed E-state index contributed by atoms with van der Waals surface area (Å²) in [7, 11) is 0. The van der Waals surface area contributed by atoms with E-state index in [2.05, 4.69) is 5.32 Å². The van der Waals surface area contributed by atoms with E-state index in [1.807, 2.05) is 55.5 Å². The van der Waals surface area contributed by atoms with Crippen molar-refractivity contribution in [2.75, 3.05) is 30.9 Å². The van der Waals surface area contributed by atoms with Crippen LogP contribution in [0.5, 0.6) is 5.75 Å². The fourth-order valence-electron chi connectivity index (χ4n) is 2.16. The molecule has 128 valence electrons.